The van der Waals surface area contributed by atoms with Crippen LogP contribution in [0.2, 0.25) is 0 Å². The van der Waals surface area contributed by atoms with Gasteiger partial charge in [-0.2, -0.15) is 0 Å². The number of ether oxygens (including phenoxy) is 1. The Labute approximate surface area is 201 Å². The Bertz CT molecular complexity index is 921. The van der Waals surface area contributed by atoms with Crippen molar-refractivity contribution in [2.75, 3.05) is 13.7 Å². The summed E-state index contributed by atoms with van der Waals surface area (Å²) in [6, 6.07) is 16.1. The maximum Gasteiger partial charge on any atom is 0.118 e. The van der Waals surface area contributed by atoms with E-state index in [9.17, 15) is 0 Å². The Balaban J connectivity index is 1.39. The third-order valence-corrected chi connectivity index (χ3v) is 8.81. The molecule has 5 atom stereocenters. The molecule has 1 fully saturated rings. The smallest absolute Gasteiger partial charge is 0.118 e. The maximum absolute atomic E-state index is 6.48. The van der Waals surface area contributed by atoms with Crippen molar-refractivity contribution >= 4 is 0 Å². The second-order valence-electron chi connectivity index (χ2n) is 11.1. The van der Waals surface area contributed by atoms with E-state index in [2.05, 4.69) is 63.3 Å². The molecule has 0 heterocycles. The van der Waals surface area contributed by atoms with Gasteiger partial charge in [0.25, 0.3) is 0 Å². The molecule has 0 spiro atoms. The molecule has 3 N–H and O–H groups in total. The van der Waals surface area contributed by atoms with Crippen LogP contribution in [0.3, 0.4) is 0 Å². The van der Waals surface area contributed by atoms with Crippen molar-refractivity contribution in [3.63, 3.8) is 0 Å². The summed E-state index contributed by atoms with van der Waals surface area (Å²) in [5.41, 5.74) is 12.7. The summed E-state index contributed by atoms with van der Waals surface area (Å²) >= 11 is 0. The van der Waals surface area contributed by atoms with Crippen LogP contribution in [-0.2, 0) is 11.8 Å². The number of nitrogens with two attached hydrogens (primary N) is 1. The molecule has 0 amide bonds. The van der Waals surface area contributed by atoms with E-state index in [1.54, 1.807) is 18.2 Å². The van der Waals surface area contributed by atoms with Crippen LogP contribution in [-0.4, -0.2) is 19.7 Å². The largest absolute Gasteiger partial charge is 0.497 e. The standard InChI is InChI=1S/C30H44N2O/c1-20(2)23-10-14-27-24(19-23)11-15-28-26(7-6-17-30(27,28)4)21(3)32-18-16-29(31)22-8-12-25(33-5)13-9-22/h8-10,12-14,19-21,26,28-29,32H,6-7,11,15-18,31H2,1-5H3. The average molecular weight is 449 g/mol. The molecule has 4 rings (SSSR count). The van der Waals surface area contributed by atoms with Gasteiger partial charge in [0.15, 0.2) is 0 Å². The fraction of sp³-hybridized carbons (Fsp3) is 0.600. The zero-order valence-electron chi connectivity index (χ0n) is 21.4. The summed E-state index contributed by atoms with van der Waals surface area (Å²) < 4.78 is 5.27. The summed E-state index contributed by atoms with van der Waals surface area (Å²) in [5, 5.41) is 3.87. The predicted octanol–water partition coefficient (Wildman–Crippen LogP) is 6.51. The van der Waals surface area contributed by atoms with E-state index < -0.39 is 0 Å². The van der Waals surface area contributed by atoms with Crippen molar-refractivity contribution < 1.29 is 4.74 Å². The molecule has 33 heavy (non-hydrogen) atoms. The SMILES string of the molecule is COc1ccc(C(N)CCNC(C)C2CCCC3(C)c4ccc(C(C)C)cc4CCC23)cc1. The van der Waals surface area contributed by atoms with Gasteiger partial charge in [-0.25, -0.2) is 0 Å². The number of benzene rings is 2. The van der Waals surface area contributed by atoms with E-state index in [0.29, 0.717) is 17.4 Å². The van der Waals surface area contributed by atoms with Gasteiger partial charge in [-0.15, -0.1) is 0 Å². The second-order valence-corrected chi connectivity index (χ2v) is 11.1. The fourth-order valence-electron chi connectivity index (χ4n) is 6.71. The summed E-state index contributed by atoms with van der Waals surface area (Å²) in [6.07, 6.45) is 7.52. The molecule has 0 aromatic heterocycles. The Kier molecular flexibility index (Phi) is 7.50. The van der Waals surface area contributed by atoms with Gasteiger partial charge in [-0.3, -0.25) is 0 Å². The van der Waals surface area contributed by atoms with Crippen LogP contribution in [0.5, 0.6) is 5.75 Å². The van der Waals surface area contributed by atoms with Crippen LogP contribution < -0.4 is 15.8 Å². The van der Waals surface area contributed by atoms with Gasteiger partial charge in [0, 0.05) is 12.1 Å². The van der Waals surface area contributed by atoms with Crippen LogP contribution in [0, 0.1) is 11.8 Å². The van der Waals surface area contributed by atoms with Gasteiger partial charge in [-0.1, -0.05) is 57.5 Å². The summed E-state index contributed by atoms with van der Waals surface area (Å²) in [7, 11) is 1.70. The molecular formula is C30H44N2O. The molecule has 2 aliphatic rings. The van der Waals surface area contributed by atoms with Crippen molar-refractivity contribution in [1.29, 1.82) is 0 Å². The topological polar surface area (TPSA) is 47.3 Å². The Hall–Kier alpha value is -1.84. The molecule has 2 aromatic carbocycles. The Morgan fingerprint density at radius 1 is 1.06 bits per heavy atom. The third kappa shape index (κ3) is 5.00. The number of nitrogens with one attached hydrogen (secondary N) is 1. The van der Waals surface area contributed by atoms with Crippen LogP contribution in [0.4, 0.5) is 0 Å². The van der Waals surface area contributed by atoms with Crippen molar-refractivity contribution in [3.8, 4) is 5.75 Å². The minimum Gasteiger partial charge on any atom is -0.497 e. The lowest BCUT2D eigenvalue weighted by molar-refractivity contribution is 0.0827. The molecule has 1 saturated carbocycles. The van der Waals surface area contributed by atoms with Crippen molar-refractivity contribution in [2.45, 2.75) is 89.6 Å². The zero-order valence-corrected chi connectivity index (χ0v) is 21.4. The van der Waals surface area contributed by atoms with E-state index in [-0.39, 0.29) is 6.04 Å². The van der Waals surface area contributed by atoms with E-state index in [4.69, 9.17) is 10.5 Å². The third-order valence-electron chi connectivity index (χ3n) is 8.81. The Morgan fingerprint density at radius 3 is 2.48 bits per heavy atom. The van der Waals surface area contributed by atoms with Gasteiger partial charge in [0.05, 0.1) is 7.11 Å². The first-order valence-corrected chi connectivity index (χ1v) is 13.1. The van der Waals surface area contributed by atoms with Gasteiger partial charge in [0.1, 0.15) is 5.75 Å². The highest BCUT2D eigenvalue weighted by molar-refractivity contribution is 5.41. The van der Waals surface area contributed by atoms with Gasteiger partial charge in [-0.05, 0) is 103 Å². The number of methoxy groups -OCH3 is 1. The fourth-order valence-corrected chi connectivity index (χ4v) is 6.71. The highest BCUT2D eigenvalue weighted by Gasteiger charge is 2.47. The molecule has 2 aliphatic carbocycles. The number of hydrogen-bond acceptors (Lipinski definition) is 3. The number of aryl methyl sites for hydroxylation is 1. The first kappa shape index (κ1) is 24.3. The van der Waals surface area contributed by atoms with E-state index in [0.717, 1.165) is 30.6 Å². The van der Waals surface area contributed by atoms with Crippen LogP contribution in [0.25, 0.3) is 0 Å². The lowest BCUT2D eigenvalue weighted by Gasteiger charge is -2.52. The molecule has 2 aromatic rings. The molecule has 3 heteroatoms. The lowest BCUT2D eigenvalue weighted by Crippen LogP contribution is -2.50. The van der Waals surface area contributed by atoms with Crippen molar-refractivity contribution in [1.82, 2.24) is 5.32 Å². The van der Waals surface area contributed by atoms with Crippen molar-refractivity contribution in [3.05, 3.63) is 64.7 Å². The first-order chi connectivity index (χ1) is 15.8. The normalized spacial score (nSPS) is 26.4. The summed E-state index contributed by atoms with van der Waals surface area (Å²) in [4.78, 5) is 0. The predicted molar refractivity (Wildman–Crippen MR) is 139 cm³/mol. The molecule has 0 bridgehead atoms. The highest BCUT2D eigenvalue weighted by Crippen LogP contribution is 2.53. The molecular weight excluding hydrogens is 404 g/mol. The molecule has 0 saturated heterocycles. The second kappa shape index (κ2) is 10.2. The number of fused-ring (bicyclic) bond motifs is 3. The molecule has 5 unspecified atom stereocenters. The molecule has 0 aliphatic heterocycles. The summed E-state index contributed by atoms with van der Waals surface area (Å²) in [6.45, 7) is 10.5. The molecule has 0 radical (unpaired) electrons. The van der Waals surface area contributed by atoms with Crippen molar-refractivity contribution in [2.24, 2.45) is 17.6 Å². The monoisotopic (exact) mass is 448 g/mol. The molecule has 180 valence electrons. The van der Waals surface area contributed by atoms with Crippen LogP contribution in [0.1, 0.15) is 94.0 Å². The van der Waals surface area contributed by atoms with Crippen LogP contribution in [0.15, 0.2) is 42.5 Å². The van der Waals surface area contributed by atoms with Gasteiger partial charge < -0.3 is 15.8 Å². The Morgan fingerprint density at radius 2 is 1.79 bits per heavy atom. The van der Waals surface area contributed by atoms with Crippen LogP contribution >= 0.6 is 0 Å². The lowest BCUT2D eigenvalue weighted by atomic mass is 9.53. The van der Waals surface area contributed by atoms with E-state index in [1.807, 2.05) is 12.1 Å². The highest BCUT2D eigenvalue weighted by atomic mass is 16.5. The van der Waals surface area contributed by atoms with Gasteiger partial charge >= 0.3 is 0 Å². The molecule has 3 nitrogen and oxygen atoms in total. The minimum absolute atomic E-state index is 0.0592. The number of hydrogen-bond donors (Lipinski definition) is 2. The quantitative estimate of drug-likeness (QED) is 0.484. The zero-order chi connectivity index (χ0) is 23.6. The maximum atomic E-state index is 6.48. The average Bonchev–Trinajstić information content (AvgIpc) is 2.82. The number of rotatable bonds is 8. The van der Waals surface area contributed by atoms with E-state index >= 15 is 0 Å². The van der Waals surface area contributed by atoms with Gasteiger partial charge in [0.2, 0.25) is 0 Å². The summed E-state index contributed by atoms with van der Waals surface area (Å²) in [5.74, 6) is 2.99. The van der Waals surface area contributed by atoms with E-state index in [1.165, 1.54) is 43.2 Å². The first-order valence-electron chi connectivity index (χ1n) is 13.1. The minimum atomic E-state index is 0.0592.